The fourth-order valence-electron chi connectivity index (χ4n) is 2.81. The smallest absolute Gasteiger partial charge is 0.350 e. The monoisotopic (exact) mass is 364 g/mol. The molecule has 1 N–H and O–H groups in total. The summed E-state index contributed by atoms with van der Waals surface area (Å²) < 4.78 is 5.16. The number of esters is 1. The van der Waals surface area contributed by atoms with Crippen LogP contribution in [-0.4, -0.2) is 29.5 Å². The minimum Gasteiger partial charge on any atom is -0.451 e. The molecule has 0 atom stereocenters. The van der Waals surface area contributed by atoms with Gasteiger partial charge in [-0.2, -0.15) is 11.3 Å². The van der Waals surface area contributed by atoms with Crippen LogP contribution in [0.2, 0.25) is 0 Å². The Bertz CT molecular complexity index is 703. The van der Waals surface area contributed by atoms with Crippen molar-refractivity contribution in [2.75, 3.05) is 6.61 Å². The van der Waals surface area contributed by atoms with Gasteiger partial charge in [-0.1, -0.05) is 19.3 Å². The number of rotatable bonds is 5. The van der Waals surface area contributed by atoms with Crippen molar-refractivity contribution in [3.05, 3.63) is 27.4 Å². The Balaban J connectivity index is 1.54. The molecule has 24 heavy (non-hydrogen) atoms. The van der Waals surface area contributed by atoms with Gasteiger partial charge in [0.15, 0.2) is 6.61 Å². The molecule has 1 amide bonds. The third-order valence-corrected chi connectivity index (χ3v) is 5.92. The van der Waals surface area contributed by atoms with Crippen LogP contribution in [0.3, 0.4) is 0 Å². The van der Waals surface area contributed by atoms with E-state index in [0.717, 1.165) is 36.3 Å². The number of hydrogen-bond acceptors (Lipinski definition) is 6. The van der Waals surface area contributed by atoms with Crippen LogP contribution in [0, 0.1) is 6.92 Å². The van der Waals surface area contributed by atoms with Crippen LogP contribution >= 0.6 is 22.7 Å². The van der Waals surface area contributed by atoms with E-state index in [4.69, 9.17) is 4.74 Å². The first kappa shape index (κ1) is 17.1. The zero-order valence-electron chi connectivity index (χ0n) is 13.5. The third-order valence-electron chi connectivity index (χ3n) is 4.05. The van der Waals surface area contributed by atoms with Crippen molar-refractivity contribution in [2.24, 2.45) is 0 Å². The topological polar surface area (TPSA) is 68.3 Å². The number of carbonyl (C=O) groups excluding carboxylic acids is 2. The fraction of sp³-hybridized carbons (Fsp3) is 0.471. The predicted octanol–water partition coefficient (Wildman–Crippen LogP) is 3.79. The van der Waals surface area contributed by atoms with Crippen LogP contribution in [0.4, 0.5) is 0 Å². The van der Waals surface area contributed by atoms with E-state index in [1.807, 2.05) is 16.8 Å². The minimum atomic E-state index is -0.481. The highest BCUT2D eigenvalue weighted by atomic mass is 32.1. The Hall–Kier alpha value is -1.73. The van der Waals surface area contributed by atoms with Gasteiger partial charge >= 0.3 is 5.97 Å². The molecule has 2 heterocycles. The van der Waals surface area contributed by atoms with Crippen LogP contribution in [0.5, 0.6) is 0 Å². The van der Waals surface area contributed by atoms with Crippen molar-refractivity contribution in [3.8, 4) is 10.6 Å². The molecule has 2 aromatic heterocycles. The number of ether oxygens (including phenoxy) is 1. The Morgan fingerprint density at radius 2 is 2.12 bits per heavy atom. The number of amides is 1. The lowest BCUT2D eigenvalue weighted by atomic mass is 9.95. The molecule has 1 saturated carbocycles. The number of aromatic nitrogens is 1. The molecule has 0 radical (unpaired) electrons. The highest BCUT2D eigenvalue weighted by molar-refractivity contribution is 7.17. The van der Waals surface area contributed by atoms with Crippen LogP contribution in [-0.2, 0) is 9.53 Å². The summed E-state index contributed by atoms with van der Waals surface area (Å²) in [6.45, 7) is 1.55. The second-order valence-electron chi connectivity index (χ2n) is 5.92. The number of nitrogens with zero attached hydrogens (tertiary/aromatic N) is 1. The Kier molecular flexibility index (Phi) is 5.63. The van der Waals surface area contributed by atoms with E-state index < -0.39 is 5.97 Å². The molecule has 0 aromatic carbocycles. The van der Waals surface area contributed by atoms with E-state index in [2.05, 4.69) is 10.3 Å². The highest BCUT2D eigenvalue weighted by Crippen LogP contribution is 2.29. The van der Waals surface area contributed by atoms with Crippen molar-refractivity contribution in [2.45, 2.75) is 45.1 Å². The Morgan fingerprint density at radius 1 is 1.33 bits per heavy atom. The largest absolute Gasteiger partial charge is 0.451 e. The average Bonchev–Trinajstić information content (AvgIpc) is 3.23. The number of carbonyl (C=O) groups is 2. The van der Waals surface area contributed by atoms with E-state index >= 15 is 0 Å². The molecule has 0 aliphatic heterocycles. The van der Waals surface area contributed by atoms with Gasteiger partial charge in [-0.25, -0.2) is 9.78 Å². The quantitative estimate of drug-likeness (QED) is 0.820. The molecule has 5 nitrogen and oxygen atoms in total. The number of aryl methyl sites for hydroxylation is 1. The van der Waals surface area contributed by atoms with Crippen molar-refractivity contribution < 1.29 is 14.3 Å². The van der Waals surface area contributed by atoms with Crippen molar-refractivity contribution in [3.63, 3.8) is 0 Å². The second kappa shape index (κ2) is 7.90. The normalized spacial score (nSPS) is 15.2. The summed E-state index contributed by atoms with van der Waals surface area (Å²) in [6.07, 6.45) is 5.56. The van der Waals surface area contributed by atoms with Crippen LogP contribution in [0.15, 0.2) is 16.8 Å². The number of thiazole rings is 1. The summed E-state index contributed by atoms with van der Waals surface area (Å²) in [5, 5.41) is 7.70. The third kappa shape index (κ3) is 4.21. The van der Waals surface area contributed by atoms with Gasteiger partial charge in [0.05, 0.1) is 5.69 Å². The number of thiophene rings is 1. The lowest BCUT2D eigenvalue weighted by Crippen LogP contribution is -2.38. The summed E-state index contributed by atoms with van der Waals surface area (Å²) in [5.74, 6) is -0.708. The summed E-state index contributed by atoms with van der Waals surface area (Å²) in [6, 6.07) is 2.19. The van der Waals surface area contributed by atoms with Gasteiger partial charge in [0.1, 0.15) is 9.88 Å². The van der Waals surface area contributed by atoms with Crippen molar-refractivity contribution >= 4 is 34.6 Å². The molecule has 1 aliphatic rings. The van der Waals surface area contributed by atoms with E-state index in [1.165, 1.54) is 17.8 Å². The van der Waals surface area contributed by atoms with Crippen LogP contribution in [0.25, 0.3) is 10.6 Å². The van der Waals surface area contributed by atoms with Gasteiger partial charge in [-0.3, -0.25) is 4.79 Å². The minimum absolute atomic E-state index is 0.222. The molecule has 2 aromatic rings. The first-order chi connectivity index (χ1) is 11.6. The van der Waals surface area contributed by atoms with Gasteiger partial charge in [0, 0.05) is 17.0 Å². The number of nitrogens with one attached hydrogen (secondary N) is 1. The van der Waals surface area contributed by atoms with E-state index in [9.17, 15) is 9.59 Å². The average molecular weight is 364 g/mol. The van der Waals surface area contributed by atoms with Crippen LogP contribution < -0.4 is 5.32 Å². The molecule has 7 heteroatoms. The van der Waals surface area contributed by atoms with Gasteiger partial charge in [0.2, 0.25) is 0 Å². The molecule has 0 spiro atoms. The van der Waals surface area contributed by atoms with Gasteiger partial charge in [-0.15, -0.1) is 11.3 Å². The molecule has 0 saturated heterocycles. The molecule has 0 unspecified atom stereocenters. The van der Waals surface area contributed by atoms with Crippen molar-refractivity contribution in [1.82, 2.24) is 10.3 Å². The molecule has 3 rings (SSSR count). The Morgan fingerprint density at radius 3 is 2.83 bits per heavy atom. The Labute approximate surface area is 149 Å². The molecular formula is C17H20N2O3S2. The van der Waals surface area contributed by atoms with E-state index in [-0.39, 0.29) is 18.6 Å². The summed E-state index contributed by atoms with van der Waals surface area (Å²) in [4.78, 5) is 29.0. The van der Waals surface area contributed by atoms with Gasteiger partial charge < -0.3 is 10.1 Å². The molecular weight excluding hydrogens is 344 g/mol. The molecule has 0 bridgehead atoms. The first-order valence-corrected chi connectivity index (χ1v) is 9.86. The van der Waals surface area contributed by atoms with E-state index in [0.29, 0.717) is 10.6 Å². The maximum absolute atomic E-state index is 12.2. The highest BCUT2D eigenvalue weighted by Gasteiger charge is 2.20. The van der Waals surface area contributed by atoms with Crippen LogP contribution in [0.1, 0.15) is 47.5 Å². The SMILES string of the molecule is Cc1nc(-c2ccsc2)sc1C(=O)OCC(=O)NC1CCCCC1. The summed E-state index contributed by atoms with van der Waals surface area (Å²) >= 11 is 2.89. The second-order valence-corrected chi connectivity index (χ2v) is 7.70. The maximum atomic E-state index is 12.2. The zero-order chi connectivity index (χ0) is 16.9. The maximum Gasteiger partial charge on any atom is 0.350 e. The molecule has 1 aliphatic carbocycles. The molecule has 1 fully saturated rings. The standard InChI is InChI=1S/C17H20N2O3S2/c1-11-15(24-16(18-11)12-7-8-23-10-12)17(21)22-9-14(20)19-13-5-3-2-4-6-13/h7-8,10,13H,2-6,9H2,1H3,(H,19,20). The number of hydrogen-bond donors (Lipinski definition) is 1. The molecule has 128 valence electrons. The van der Waals surface area contributed by atoms with Crippen molar-refractivity contribution in [1.29, 1.82) is 0 Å². The summed E-state index contributed by atoms with van der Waals surface area (Å²) in [7, 11) is 0. The lowest BCUT2D eigenvalue weighted by molar-refractivity contribution is -0.125. The van der Waals surface area contributed by atoms with E-state index in [1.54, 1.807) is 18.3 Å². The fourth-order valence-corrected chi connectivity index (χ4v) is 4.48. The first-order valence-electron chi connectivity index (χ1n) is 8.10. The lowest BCUT2D eigenvalue weighted by Gasteiger charge is -2.22. The predicted molar refractivity (Wildman–Crippen MR) is 95.5 cm³/mol. The van der Waals surface area contributed by atoms with Gasteiger partial charge in [-0.05, 0) is 31.2 Å². The van der Waals surface area contributed by atoms with Gasteiger partial charge in [0.25, 0.3) is 5.91 Å². The summed E-state index contributed by atoms with van der Waals surface area (Å²) in [5.41, 5.74) is 1.64. The zero-order valence-corrected chi connectivity index (χ0v) is 15.2.